The SMILES string of the molecule is CC(C(=O)NC1CCCCC1)N(C)CCN1CCNCC1. The lowest BCUT2D eigenvalue weighted by molar-refractivity contribution is -0.126. The van der Waals surface area contributed by atoms with Gasteiger partial charge in [0.05, 0.1) is 6.04 Å². The number of nitrogens with one attached hydrogen (secondary N) is 2. The average molecular weight is 296 g/mol. The number of nitrogens with zero attached hydrogens (tertiary/aromatic N) is 2. The first-order chi connectivity index (χ1) is 10.2. The maximum Gasteiger partial charge on any atom is 0.237 e. The van der Waals surface area contributed by atoms with Crippen LogP contribution in [0.25, 0.3) is 0 Å². The van der Waals surface area contributed by atoms with E-state index in [2.05, 4.69) is 27.5 Å². The predicted molar refractivity (Wildman–Crippen MR) is 86.4 cm³/mol. The third-order valence-electron chi connectivity index (χ3n) is 4.97. The standard InChI is InChI=1S/C16H32N4O/c1-14(16(21)18-15-6-4-3-5-7-15)19(2)12-13-20-10-8-17-9-11-20/h14-15,17H,3-13H2,1-2H3,(H,18,21). The Kier molecular flexibility index (Phi) is 6.93. The fraction of sp³-hybridized carbons (Fsp3) is 0.938. The van der Waals surface area contributed by atoms with E-state index in [4.69, 9.17) is 0 Å². The molecule has 1 heterocycles. The summed E-state index contributed by atoms with van der Waals surface area (Å²) in [6.45, 7) is 8.45. The van der Waals surface area contributed by atoms with Gasteiger partial charge < -0.3 is 10.6 Å². The molecule has 0 aromatic heterocycles. The van der Waals surface area contributed by atoms with Crippen molar-refractivity contribution < 1.29 is 4.79 Å². The monoisotopic (exact) mass is 296 g/mol. The first-order valence-corrected chi connectivity index (χ1v) is 8.60. The summed E-state index contributed by atoms with van der Waals surface area (Å²) in [5.41, 5.74) is 0. The molecule has 2 N–H and O–H groups in total. The van der Waals surface area contributed by atoms with Crippen LogP contribution in [0.3, 0.4) is 0 Å². The molecule has 21 heavy (non-hydrogen) atoms. The van der Waals surface area contributed by atoms with E-state index in [9.17, 15) is 4.79 Å². The highest BCUT2D eigenvalue weighted by Gasteiger charge is 2.22. The van der Waals surface area contributed by atoms with Crippen LogP contribution in [0.15, 0.2) is 0 Å². The Bertz CT molecular complexity index is 311. The van der Waals surface area contributed by atoms with Gasteiger partial charge in [-0.2, -0.15) is 0 Å². The summed E-state index contributed by atoms with van der Waals surface area (Å²) in [6.07, 6.45) is 6.16. The summed E-state index contributed by atoms with van der Waals surface area (Å²) in [6, 6.07) is 0.380. The summed E-state index contributed by atoms with van der Waals surface area (Å²) in [5.74, 6) is 0.199. The molecule has 0 bridgehead atoms. The van der Waals surface area contributed by atoms with Crippen molar-refractivity contribution in [2.45, 2.75) is 51.1 Å². The van der Waals surface area contributed by atoms with E-state index in [1.807, 2.05) is 6.92 Å². The average Bonchev–Trinajstić information content (AvgIpc) is 2.53. The molecule has 2 aliphatic rings. The lowest BCUT2D eigenvalue weighted by atomic mass is 9.95. The van der Waals surface area contributed by atoms with Crippen LogP contribution in [-0.2, 0) is 4.79 Å². The molecule has 1 aliphatic heterocycles. The van der Waals surface area contributed by atoms with Crippen molar-refractivity contribution >= 4 is 5.91 Å². The van der Waals surface area contributed by atoms with Crippen LogP contribution >= 0.6 is 0 Å². The third kappa shape index (κ3) is 5.57. The summed E-state index contributed by atoms with van der Waals surface area (Å²) in [4.78, 5) is 17.0. The van der Waals surface area contributed by atoms with Gasteiger partial charge in [-0.15, -0.1) is 0 Å². The maximum atomic E-state index is 12.3. The smallest absolute Gasteiger partial charge is 0.237 e. The Hall–Kier alpha value is -0.650. The molecule has 1 saturated heterocycles. The molecule has 5 heteroatoms. The van der Waals surface area contributed by atoms with E-state index in [0.717, 1.165) is 52.1 Å². The van der Waals surface area contributed by atoms with E-state index in [0.29, 0.717) is 6.04 Å². The fourth-order valence-electron chi connectivity index (χ4n) is 3.20. The number of likely N-dealkylation sites (N-methyl/N-ethyl adjacent to an activating group) is 1. The van der Waals surface area contributed by atoms with Crippen LogP contribution in [0.5, 0.6) is 0 Å². The van der Waals surface area contributed by atoms with Crippen LogP contribution in [0.1, 0.15) is 39.0 Å². The Morgan fingerprint density at radius 2 is 1.95 bits per heavy atom. The minimum absolute atomic E-state index is 0.0326. The number of rotatable bonds is 6. The molecule has 1 saturated carbocycles. The molecule has 0 aromatic carbocycles. The maximum absolute atomic E-state index is 12.3. The second kappa shape index (κ2) is 8.71. The van der Waals surface area contributed by atoms with E-state index in [-0.39, 0.29) is 11.9 Å². The second-order valence-electron chi connectivity index (χ2n) is 6.59. The molecule has 1 unspecified atom stereocenters. The largest absolute Gasteiger partial charge is 0.352 e. The van der Waals surface area contributed by atoms with Crippen molar-refractivity contribution in [3.8, 4) is 0 Å². The number of hydrogen-bond acceptors (Lipinski definition) is 4. The molecule has 122 valence electrons. The van der Waals surface area contributed by atoms with Crippen molar-refractivity contribution in [2.75, 3.05) is 46.3 Å². The van der Waals surface area contributed by atoms with Gasteiger partial charge >= 0.3 is 0 Å². The molecule has 0 radical (unpaired) electrons. The van der Waals surface area contributed by atoms with Crippen LogP contribution in [0.4, 0.5) is 0 Å². The van der Waals surface area contributed by atoms with Crippen LogP contribution in [0, 0.1) is 0 Å². The quantitative estimate of drug-likeness (QED) is 0.756. The Morgan fingerprint density at radius 3 is 2.62 bits per heavy atom. The van der Waals surface area contributed by atoms with E-state index < -0.39 is 0 Å². The number of carbonyl (C=O) groups excluding carboxylic acids is 1. The van der Waals surface area contributed by atoms with Crippen molar-refractivity contribution in [3.05, 3.63) is 0 Å². The van der Waals surface area contributed by atoms with Gasteiger partial charge in [0.2, 0.25) is 5.91 Å². The molecule has 0 aromatic rings. The molecular weight excluding hydrogens is 264 g/mol. The zero-order valence-electron chi connectivity index (χ0n) is 13.7. The molecule has 0 spiro atoms. The van der Waals surface area contributed by atoms with Gasteiger partial charge in [-0.1, -0.05) is 19.3 Å². The van der Waals surface area contributed by atoms with Crippen molar-refractivity contribution in [1.82, 2.24) is 20.4 Å². The Morgan fingerprint density at radius 1 is 1.29 bits per heavy atom. The van der Waals surface area contributed by atoms with Gasteiger partial charge in [0.15, 0.2) is 0 Å². The van der Waals surface area contributed by atoms with Gasteiger partial charge in [0.1, 0.15) is 0 Å². The highest BCUT2D eigenvalue weighted by atomic mass is 16.2. The number of piperazine rings is 1. The van der Waals surface area contributed by atoms with Gasteiger partial charge in [-0.3, -0.25) is 14.6 Å². The number of hydrogen-bond donors (Lipinski definition) is 2. The normalized spacial score (nSPS) is 23.2. The van der Waals surface area contributed by atoms with Crippen molar-refractivity contribution in [3.63, 3.8) is 0 Å². The first kappa shape index (κ1) is 16.7. The van der Waals surface area contributed by atoms with Crippen molar-refractivity contribution in [1.29, 1.82) is 0 Å². The highest BCUT2D eigenvalue weighted by Crippen LogP contribution is 2.17. The molecule has 5 nitrogen and oxygen atoms in total. The number of amides is 1. The third-order valence-corrected chi connectivity index (χ3v) is 4.97. The van der Waals surface area contributed by atoms with Crippen LogP contribution in [-0.4, -0.2) is 74.1 Å². The van der Waals surface area contributed by atoms with E-state index >= 15 is 0 Å². The second-order valence-corrected chi connectivity index (χ2v) is 6.59. The first-order valence-electron chi connectivity index (χ1n) is 8.60. The fourth-order valence-corrected chi connectivity index (χ4v) is 3.20. The zero-order valence-corrected chi connectivity index (χ0v) is 13.7. The van der Waals surface area contributed by atoms with E-state index in [1.165, 1.54) is 19.3 Å². The molecule has 2 rings (SSSR count). The van der Waals surface area contributed by atoms with Gasteiger partial charge in [-0.25, -0.2) is 0 Å². The minimum Gasteiger partial charge on any atom is -0.352 e. The lowest BCUT2D eigenvalue weighted by Gasteiger charge is -2.31. The molecule has 1 atom stereocenters. The van der Waals surface area contributed by atoms with Gasteiger partial charge in [-0.05, 0) is 26.8 Å². The Balaban J connectivity index is 1.67. The van der Waals surface area contributed by atoms with Gasteiger partial charge in [0, 0.05) is 45.3 Å². The van der Waals surface area contributed by atoms with Crippen LogP contribution < -0.4 is 10.6 Å². The molecule has 2 fully saturated rings. The topological polar surface area (TPSA) is 47.6 Å². The lowest BCUT2D eigenvalue weighted by Crippen LogP contribution is -2.50. The molecular formula is C16H32N4O. The van der Waals surface area contributed by atoms with E-state index in [1.54, 1.807) is 0 Å². The number of carbonyl (C=O) groups is 1. The van der Waals surface area contributed by atoms with Gasteiger partial charge in [0.25, 0.3) is 0 Å². The predicted octanol–water partition coefficient (Wildman–Crippen LogP) is 0.661. The van der Waals surface area contributed by atoms with Crippen LogP contribution in [0.2, 0.25) is 0 Å². The summed E-state index contributed by atoms with van der Waals surface area (Å²) < 4.78 is 0. The van der Waals surface area contributed by atoms with Crippen molar-refractivity contribution in [2.24, 2.45) is 0 Å². The minimum atomic E-state index is -0.0326. The Labute approximate surface area is 129 Å². The molecule has 1 amide bonds. The summed E-state index contributed by atoms with van der Waals surface area (Å²) in [5, 5.41) is 6.60. The summed E-state index contributed by atoms with van der Waals surface area (Å²) in [7, 11) is 2.06. The zero-order chi connectivity index (χ0) is 15.1. The summed E-state index contributed by atoms with van der Waals surface area (Å²) >= 11 is 0. The molecule has 1 aliphatic carbocycles. The highest BCUT2D eigenvalue weighted by molar-refractivity contribution is 5.81.